The second kappa shape index (κ2) is 4.12. The smallest absolute Gasteiger partial charge is 0.142 e. The zero-order chi connectivity index (χ0) is 13.7. The number of nitrogen functional groups attached to an aromatic ring is 1. The fourth-order valence-electron chi connectivity index (χ4n) is 2.79. The van der Waals surface area contributed by atoms with Gasteiger partial charge in [0.25, 0.3) is 0 Å². The van der Waals surface area contributed by atoms with E-state index in [4.69, 9.17) is 17.3 Å². The van der Waals surface area contributed by atoms with Gasteiger partial charge in [0.1, 0.15) is 11.6 Å². The fourth-order valence-corrected chi connectivity index (χ4v) is 2.92. The minimum atomic E-state index is 0.0367. The van der Waals surface area contributed by atoms with Crippen molar-refractivity contribution in [1.29, 1.82) is 0 Å². The van der Waals surface area contributed by atoms with E-state index in [1.54, 1.807) is 0 Å². The number of halogens is 1. The van der Waals surface area contributed by atoms with Crippen LogP contribution in [0, 0.1) is 0 Å². The molecule has 2 heterocycles. The lowest BCUT2D eigenvalue weighted by Gasteiger charge is -2.13. The van der Waals surface area contributed by atoms with Crippen LogP contribution in [-0.4, -0.2) is 10.8 Å². The maximum absolute atomic E-state index is 6.30. The highest BCUT2D eigenvalue weighted by Crippen LogP contribution is 2.41. The van der Waals surface area contributed by atoms with Gasteiger partial charge in [0, 0.05) is 22.0 Å². The van der Waals surface area contributed by atoms with Crippen LogP contribution in [0.2, 0.25) is 5.02 Å². The molecule has 0 saturated heterocycles. The highest BCUT2D eigenvalue weighted by atomic mass is 35.5. The summed E-state index contributed by atoms with van der Waals surface area (Å²) >= 11 is 5.95. The number of aromatic nitrogens is 1. The fraction of sp³-hybridized carbons (Fsp3) is 0.0625. The zero-order valence-corrected chi connectivity index (χ0v) is 11.4. The van der Waals surface area contributed by atoms with E-state index in [1.165, 1.54) is 0 Å². The SMILES string of the molecule is Nc1c2ccccc2c2n1C(c1ccc(Cl)cc1)C=N2. The van der Waals surface area contributed by atoms with Crippen molar-refractivity contribution in [2.45, 2.75) is 6.04 Å². The number of hydrogen-bond donors (Lipinski definition) is 1. The van der Waals surface area contributed by atoms with Gasteiger partial charge in [-0.3, -0.25) is 4.57 Å². The lowest BCUT2D eigenvalue weighted by atomic mass is 10.1. The third kappa shape index (κ3) is 1.50. The number of aliphatic imine (C=N–C) groups is 1. The molecule has 0 saturated carbocycles. The second-order valence-electron chi connectivity index (χ2n) is 4.90. The Morgan fingerprint density at radius 3 is 2.45 bits per heavy atom. The van der Waals surface area contributed by atoms with Gasteiger partial charge in [-0.1, -0.05) is 48.0 Å². The van der Waals surface area contributed by atoms with Crippen molar-refractivity contribution in [3.8, 4) is 0 Å². The minimum Gasteiger partial charge on any atom is -0.385 e. The maximum Gasteiger partial charge on any atom is 0.142 e. The molecule has 3 aromatic rings. The Morgan fingerprint density at radius 1 is 1.00 bits per heavy atom. The summed E-state index contributed by atoms with van der Waals surface area (Å²) in [5.41, 5.74) is 7.43. The molecule has 4 heteroatoms. The third-order valence-electron chi connectivity index (χ3n) is 3.76. The molecule has 2 aromatic carbocycles. The van der Waals surface area contributed by atoms with Crippen molar-refractivity contribution >= 4 is 40.2 Å². The largest absolute Gasteiger partial charge is 0.385 e. The van der Waals surface area contributed by atoms with Crippen molar-refractivity contribution in [2.24, 2.45) is 4.99 Å². The van der Waals surface area contributed by atoms with Gasteiger partial charge in [-0.2, -0.15) is 0 Å². The lowest BCUT2D eigenvalue weighted by molar-refractivity contribution is 0.796. The van der Waals surface area contributed by atoms with E-state index in [2.05, 4.69) is 15.6 Å². The van der Waals surface area contributed by atoms with Crippen molar-refractivity contribution in [2.75, 3.05) is 5.73 Å². The molecule has 0 aliphatic carbocycles. The summed E-state index contributed by atoms with van der Waals surface area (Å²) in [6, 6.07) is 15.9. The Labute approximate surface area is 121 Å². The number of nitrogens with two attached hydrogens (primary N) is 1. The molecule has 1 unspecified atom stereocenters. The Bertz CT molecular complexity index is 831. The van der Waals surface area contributed by atoms with Crippen molar-refractivity contribution in [3.63, 3.8) is 0 Å². The van der Waals surface area contributed by atoms with Crippen LogP contribution >= 0.6 is 11.6 Å². The van der Waals surface area contributed by atoms with Crippen LogP contribution in [0.1, 0.15) is 11.6 Å². The van der Waals surface area contributed by atoms with E-state index in [0.717, 1.165) is 33.0 Å². The van der Waals surface area contributed by atoms with E-state index in [-0.39, 0.29) is 6.04 Å². The first kappa shape index (κ1) is 11.6. The molecule has 0 spiro atoms. The summed E-state index contributed by atoms with van der Waals surface area (Å²) in [6.45, 7) is 0. The summed E-state index contributed by atoms with van der Waals surface area (Å²) in [5.74, 6) is 1.69. The monoisotopic (exact) mass is 281 g/mol. The first-order chi connectivity index (χ1) is 9.75. The summed E-state index contributed by atoms with van der Waals surface area (Å²) in [5, 5.41) is 2.88. The van der Waals surface area contributed by atoms with Gasteiger partial charge in [0.15, 0.2) is 0 Å². The van der Waals surface area contributed by atoms with Crippen LogP contribution in [0.25, 0.3) is 10.8 Å². The van der Waals surface area contributed by atoms with Crippen molar-refractivity contribution in [1.82, 2.24) is 4.57 Å². The van der Waals surface area contributed by atoms with Gasteiger partial charge >= 0.3 is 0 Å². The molecular weight excluding hydrogens is 270 g/mol. The molecule has 1 aliphatic heterocycles. The quantitative estimate of drug-likeness (QED) is 0.714. The van der Waals surface area contributed by atoms with E-state index in [9.17, 15) is 0 Å². The Kier molecular flexibility index (Phi) is 2.38. The molecule has 1 aliphatic rings. The maximum atomic E-state index is 6.30. The minimum absolute atomic E-state index is 0.0367. The lowest BCUT2D eigenvalue weighted by Crippen LogP contribution is -2.10. The molecule has 0 radical (unpaired) electrons. The Balaban J connectivity index is 1.94. The normalized spacial score (nSPS) is 16.8. The van der Waals surface area contributed by atoms with Crippen LogP contribution in [0.5, 0.6) is 0 Å². The summed E-state index contributed by atoms with van der Waals surface area (Å²) < 4.78 is 2.08. The van der Waals surface area contributed by atoms with Gasteiger partial charge < -0.3 is 5.73 Å². The molecule has 0 bridgehead atoms. The molecule has 2 N–H and O–H groups in total. The summed E-state index contributed by atoms with van der Waals surface area (Å²) in [6.07, 6.45) is 1.93. The number of anilines is 1. The standard InChI is InChI=1S/C16H12ClN3/c17-11-7-5-10(6-8-11)14-9-19-16-13-4-2-1-3-12(13)15(18)20(14)16/h1-9,14H,18H2. The van der Waals surface area contributed by atoms with Gasteiger partial charge in [-0.15, -0.1) is 0 Å². The van der Waals surface area contributed by atoms with Crippen molar-refractivity contribution in [3.05, 3.63) is 59.1 Å². The van der Waals surface area contributed by atoms with Gasteiger partial charge in [0.2, 0.25) is 0 Å². The van der Waals surface area contributed by atoms with Crippen LogP contribution in [0.15, 0.2) is 53.5 Å². The first-order valence-corrected chi connectivity index (χ1v) is 6.81. The zero-order valence-electron chi connectivity index (χ0n) is 10.6. The van der Waals surface area contributed by atoms with E-state index < -0.39 is 0 Å². The van der Waals surface area contributed by atoms with Gasteiger partial charge in [0.05, 0.1) is 6.04 Å². The molecule has 98 valence electrons. The van der Waals surface area contributed by atoms with E-state index in [0.29, 0.717) is 0 Å². The highest BCUT2D eigenvalue weighted by molar-refractivity contribution is 6.30. The predicted molar refractivity (Wildman–Crippen MR) is 84.1 cm³/mol. The average Bonchev–Trinajstić information content (AvgIpc) is 3.02. The molecule has 0 amide bonds. The number of benzene rings is 2. The number of hydrogen-bond acceptors (Lipinski definition) is 2. The van der Waals surface area contributed by atoms with Crippen LogP contribution < -0.4 is 5.73 Å². The molecular formula is C16H12ClN3. The summed E-state index contributed by atoms with van der Waals surface area (Å²) in [7, 11) is 0. The molecule has 3 nitrogen and oxygen atoms in total. The number of fused-ring (bicyclic) bond motifs is 3. The Hall–Kier alpha value is -2.26. The molecule has 20 heavy (non-hydrogen) atoms. The summed E-state index contributed by atoms with van der Waals surface area (Å²) in [4.78, 5) is 4.55. The van der Waals surface area contributed by atoms with E-state index >= 15 is 0 Å². The topological polar surface area (TPSA) is 43.3 Å². The molecule has 1 aromatic heterocycles. The van der Waals surface area contributed by atoms with Gasteiger partial charge in [-0.05, 0) is 17.7 Å². The molecule has 0 fully saturated rings. The molecule has 1 atom stereocenters. The Morgan fingerprint density at radius 2 is 1.70 bits per heavy atom. The van der Waals surface area contributed by atoms with Crippen LogP contribution in [0.3, 0.4) is 0 Å². The van der Waals surface area contributed by atoms with Crippen molar-refractivity contribution < 1.29 is 0 Å². The predicted octanol–water partition coefficient (Wildman–Crippen LogP) is 4.18. The third-order valence-corrected chi connectivity index (χ3v) is 4.01. The van der Waals surface area contributed by atoms with Crippen LogP contribution in [-0.2, 0) is 0 Å². The first-order valence-electron chi connectivity index (χ1n) is 6.44. The number of rotatable bonds is 1. The molecule has 4 rings (SSSR count). The average molecular weight is 282 g/mol. The van der Waals surface area contributed by atoms with Gasteiger partial charge in [-0.25, -0.2) is 4.99 Å². The highest BCUT2D eigenvalue weighted by Gasteiger charge is 2.25. The van der Waals surface area contributed by atoms with E-state index in [1.807, 2.05) is 48.7 Å². The van der Waals surface area contributed by atoms with Crippen LogP contribution in [0.4, 0.5) is 11.6 Å². The number of nitrogens with zero attached hydrogens (tertiary/aromatic N) is 2. The second-order valence-corrected chi connectivity index (χ2v) is 5.34.